The van der Waals surface area contributed by atoms with E-state index in [0.717, 1.165) is 52.6 Å². The lowest BCUT2D eigenvalue weighted by molar-refractivity contribution is -0.133. The lowest BCUT2D eigenvalue weighted by Gasteiger charge is -2.27. The lowest BCUT2D eigenvalue weighted by Crippen LogP contribution is -2.32. The molecule has 0 N–H and O–H groups in total. The Morgan fingerprint density at radius 1 is 0.500 bits per heavy atom. The molecule has 0 unspecified atom stereocenters. The Kier molecular flexibility index (Phi) is 13.0. The summed E-state index contributed by atoms with van der Waals surface area (Å²) in [4.78, 5) is 46.4. The predicted molar refractivity (Wildman–Crippen MR) is 185 cm³/mol. The highest BCUT2D eigenvalue weighted by molar-refractivity contribution is 5.77. The number of carbonyl (C=O) groups excluding carboxylic acids is 3. The zero-order valence-corrected chi connectivity index (χ0v) is 28.6. The fraction of sp³-hybridized carbons (Fsp3) is 0.475. The van der Waals surface area contributed by atoms with Crippen molar-refractivity contribution in [3.8, 4) is 0 Å². The Hall–Kier alpha value is -3.93. The summed E-state index contributed by atoms with van der Waals surface area (Å²) in [6.07, 6.45) is 3.98. The molecule has 246 valence electrons. The van der Waals surface area contributed by atoms with E-state index in [1.807, 2.05) is 39.8 Å². The molecule has 4 rings (SSSR count). The standard InChI is InChI=1S/C40H53N3O3/c1-6-10-38(44)41-24-32-11-7-13-34(21-32)26-42(39(45)19-17-30(2)3)28-36-15-9-16-37(23-36)29-43(40(46)20-18-31(4)5)27-35-14-8-12-33(22-35)25-41/h7-9,11-16,21-23,30-31H,6,10,17-20,24-29H2,1-5H3. The minimum atomic E-state index is 0.127. The van der Waals surface area contributed by atoms with Crippen LogP contribution >= 0.6 is 0 Å². The van der Waals surface area contributed by atoms with Crippen molar-refractivity contribution in [2.45, 2.75) is 112 Å². The van der Waals surface area contributed by atoms with Crippen LogP contribution < -0.4 is 0 Å². The first-order valence-electron chi connectivity index (χ1n) is 17.2. The summed E-state index contributed by atoms with van der Waals surface area (Å²) in [6, 6.07) is 25.0. The van der Waals surface area contributed by atoms with E-state index in [0.29, 0.717) is 70.4 Å². The van der Waals surface area contributed by atoms with Gasteiger partial charge in [0.05, 0.1) is 0 Å². The first-order chi connectivity index (χ1) is 22.1. The van der Waals surface area contributed by atoms with Gasteiger partial charge in [-0.3, -0.25) is 14.4 Å². The summed E-state index contributed by atoms with van der Waals surface area (Å²) in [5.74, 6) is 1.30. The average Bonchev–Trinajstić information content (AvgIpc) is 3.02. The molecule has 0 radical (unpaired) electrons. The quantitative estimate of drug-likeness (QED) is 0.254. The first kappa shape index (κ1) is 34.9. The monoisotopic (exact) mass is 623 g/mol. The van der Waals surface area contributed by atoms with Crippen molar-refractivity contribution >= 4 is 17.7 Å². The van der Waals surface area contributed by atoms with Gasteiger partial charge in [0.25, 0.3) is 0 Å². The van der Waals surface area contributed by atoms with Gasteiger partial charge in [0.2, 0.25) is 17.7 Å². The third-order valence-electron chi connectivity index (χ3n) is 8.61. The van der Waals surface area contributed by atoms with Crippen molar-refractivity contribution in [2.24, 2.45) is 11.8 Å². The lowest BCUT2D eigenvalue weighted by atomic mass is 10.0. The van der Waals surface area contributed by atoms with E-state index < -0.39 is 0 Å². The van der Waals surface area contributed by atoms with Gasteiger partial charge in [-0.1, -0.05) is 107 Å². The fourth-order valence-electron chi connectivity index (χ4n) is 6.01. The van der Waals surface area contributed by atoms with Crippen LogP contribution in [0.15, 0.2) is 72.8 Å². The molecule has 6 bridgehead atoms. The van der Waals surface area contributed by atoms with Crippen LogP contribution in [0.4, 0.5) is 0 Å². The molecule has 1 heterocycles. The second kappa shape index (κ2) is 17.1. The second-order valence-corrected chi connectivity index (χ2v) is 13.8. The van der Waals surface area contributed by atoms with Crippen molar-refractivity contribution in [1.29, 1.82) is 0 Å². The van der Waals surface area contributed by atoms with Crippen LogP contribution in [0.5, 0.6) is 0 Å². The van der Waals surface area contributed by atoms with Crippen LogP contribution in [0.2, 0.25) is 0 Å². The van der Waals surface area contributed by atoms with E-state index in [2.05, 4.69) is 82.3 Å². The largest absolute Gasteiger partial charge is 0.334 e. The van der Waals surface area contributed by atoms with E-state index in [4.69, 9.17) is 0 Å². The molecule has 6 heteroatoms. The molecule has 3 aromatic carbocycles. The number of hydrogen-bond donors (Lipinski definition) is 0. The van der Waals surface area contributed by atoms with Gasteiger partial charge in [0.15, 0.2) is 0 Å². The first-order valence-corrected chi connectivity index (χ1v) is 17.2. The van der Waals surface area contributed by atoms with Gasteiger partial charge in [-0.05, 0) is 64.5 Å². The van der Waals surface area contributed by atoms with E-state index in [9.17, 15) is 14.4 Å². The second-order valence-electron chi connectivity index (χ2n) is 13.8. The van der Waals surface area contributed by atoms with Crippen LogP contribution in [0.1, 0.15) is 107 Å². The number of carbonyl (C=O) groups is 3. The smallest absolute Gasteiger partial charge is 0.223 e. The molecule has 0 saturated carbocycles. The normalized spacial score (nSPS) is 14.3. The summed E-state index contributed by atoms with van der Waals surface area (Å²) in [5, 5.41) is 0. The topological polar surface area (TPSA) is 60.9 Å². The number of benzene rings is 3. The molecule has 0 atom stereocenters. The number of hydrogen-bond acceptors (Lipinski definition) is 3. The van der Waals surface area contributed by atoms with Crippen molar-refractivity contribution in [2.75, 3.05) is 0 Å². The molecule has 1 aliphatic rings. The zero-order chi connectivity index (χ0) is 33.1. The molecular weight excluding hydrogens is 570 g/mol. The SMILES string of the molecule is CCCC(=O)N1Cc2cccc(c2)CN(C(=O)CCC(C)C)Cc2cccc(c2)CN(C(=O)CCC(C)C)Cc2cccc(c2)C1. The molecule has 0 fully saturated rings. The molecule has 0 saturated heterocycles. The summed E-state index contributed by atoms with van der Waals surface area (Å²) in [6.45, 7) is 13.6. The maximum absolute atomic E-state index is 13.6. The van der Waals surface area contributed by atoms with Gasteiger partial charge < -0.3 is 14.7 Å². The Labute approximate surface area is 276 Å². The highest BCUT2D eigenvalue weighted by Crippen LogP contribution is 2.21. The number of fused-ring (bicyclic) bond motifs is 6. The van der Waals surface area contributed by atoms with Crippen molar-refractivity contribution in [3.05, 3.63) is 106 Å². The fourth-order valence-corrected chi connectivity index (χ4v) is 6.01. The van der Waals surface area contributed by atoms with Crippen LogP contribution in [0.3, 0.4) is 0 Å². The van der Waals surface area contributed by atoms with E-state index in [1.165, 1.54) is 0 Å². The molecule has 0 aromatic heterocycles. The Balaban J connectivity index is 1.75. The van der Waals surface area contributed by atoms with Crippen LogP contribution in [-0.4, -0.2) is 32.4 Å². The van der Waals surface area contributed by atoms with Crippen LogP contribution in [0.25, 0.3) is 0 Å². The Bertz CT molecular complexity index is 1370. The highest BCUT2D eigenvalue weighted by atomic mass is 16.2. The minimum Gasteiger partial charge on any atom is -0.334 e. The minimum absolute atomic E-state index is 0.127. The number of rotatable bonds is 8. The molecule has 6 nitrogen and oxygen atoms in total. The molecular formula is C40H53N3O3. The maximum atomic E-state index is 13.6. The van der Waals surface area contributed by atoms with E-state index >= 15 is 0 Å². The van der Waals surface area contributed by atoms with E-state index in [-0.39, 0.29) is 17.7 Å². The number of amides is 3. The summed E-state index contributed by atoms with van der Waals surface area (Å²) < 4.78 is 0. The summed E-state index contributed by atoms with van der Waals surface area (Å²) in [7, 11) is 0. The molecule has 0 aliphatic carbocycles. The molecule has 1 aliphatic heterocycles. The van der Waals surface area contributed by atoms with E-state index in [1.54, 1.807) is 0 Å². The van der Waals surface area contributed by atoms with Gasteiger partial charge >= 0.3 is 0 Å². The highest BCUT2D eigenvalue weighted by Gasteiger charge is 2.20. The van der Waals surface area contributed by atoms with Gasteiger partial charge in [-0.25, -0.2) is 0 Å². The Morgan fingerprint density at radius 2 is 0.761 bits per heavy atom. The van der Waals surface area contributed by atoms with Gasteiger partial charge in [-0.2, -0.15) is 0 Å². The average molecular weight is 624 g/mol. The molecule has 3 aromatic rings. The predicted octanol–water partition coefficient (Wildman–Crippen LogP) is 8.26. The van der Waals surface area contributed by atoms with Crippen molar-refractivity contribution in [1.82, 2.24) is 14.7 Å². The van der Waals surface area contributed by atoms with Gasteiger partial charge in [0, 0.05) is 58.5 Å². The van der Waals surface area contributed by atoms with Gasteiger partial charge in [-0.15, -0.1) is 0 Å². The third kappa shape index (κ3) is 10.9. The Morgan fingerprint density at radius 3 is 1.00 bits per heavy atom. The molecule has 0 spiro atoms. The van der Waals surface area contributed by atoms with Crippen molar-refractivity contribution in [3.63, 3.8) is 0 Å². The zero-order valence-electron chi connectivity index (χ0n) is 28.6. The van der Waals surface area contributed by atoms with Crippen molar-refractivity contribution < 1.29 is 14.4 Å². The van der Waals surface area contributed by atoms with Crippen LogP contribution in [-0.2, 0) is 53.7 Å². The van der Waals surface area contributed by atoms with Gasteiger partial charge in [0.1, 0.15) is 0 Å². The molecule has 3 amide bonds. The van der Waals surface area contributed by atoms with Crippen LogP contribution in [0, 0.1) is 11.8 Å². The third-order valence-corrected chi connectivity index (χ3v) is 8.61. The summed E-state index contributed by atoms with van der Waals surface area (Å²) in [5.41, 5.74) is 6.33. The molecule has 46 heavy (non-hydrogen) atoms. The maximum Gasteiger partial charge on any atom is 0.223 e. The number of nitrogens with zero attached hydrogens (tertiary/aromatic N) is 3. The summed E-state index contributed by atoms with van der Waals surface area (Å²) >= 11 is 0.